The molecule has 59 heavy (non-hydrogen) atoms. The van der Waals surface area contributed by atoms with Gasteiger partial charge in [0.05, 0.1) is 28.0 Å². The molecule has 0 aliphatic heterocycles. The van der Waals surface area contributed by atoms with Gasteiger partial charge in [0, 0.05) is 39.7 Å². The van der Waals surface area contributed by atoms with Gasteiger partial charge in [-0.1, -0.05) is 140 Å². The number of imidazole rings is 1. The number of benzene rings is 8. The molecule has 0 radical (unpaired) electrons. The van der Waals surface area contributed by atoms with E-state index < -0.39 is 0 Å². The zero-order chi connectivity index (χ0) is 39.3. The highest BCUT2D eigenvalue weighted by Crippen LogP contribution is 2.43. The van der Waals surface area contributed by atoms with E-state index in [1.54, 1.807) is 6.07 Å². The molecule has 0 spiro atoms. The Bertz CT molecular complexity index is 3330. The maximum Gasteiger partial charge on any atom is 0.149 e. The molecule has 0 amide bonds. The second-order valence-electron chi connectivity index (χ2n) is 14.8. The van der Waals surface area contributed by atoms with Gasteiger partial charge < -0.3 is 9.52 Å². The van der Waals surface area contributed by atoms with Crippen molar-refractivity contribution in [2.24, 2.45) is 0 Å². The molecule has 3 aromatic heterocycles. The van der Waals surface area contributed by atoms with Crippen LogP contribution in [0.5, 0.6) is 5.75 Å². The van der Waals surface area contributed by atoms with Crippen molar-refractivity contribution in [2.75, 3.05) is 0 Å². The lowest BCUT2D eigenvalue weighted by Gasteiger charge is -2.16. The molecule has 0 unspecified atom stereocenters. The molecule has 278 valence electrons. The van der Waals surface area contributed by atoms with Crippen LogP contribution in [0.3, 0.4) is 0 Å². The number of phenols is 1. The molecule has 3 heterocycles. The van der Waals surface area contributed by atoms with Gasteiger partial charge in [-0.05, 0) is 88.0 Å². The molecule has 0 atom stereocenters. The number of aromatic nitrogens is 3. The highest BCUT2D eigenvalue weighted by Gasteiger charge is 2.24. The standard InChI is InChI=1S/C54H35N3O2/c58-50-34-52-45(44-22-11-13-26-51(44)59-52)33-46(50)54-56-53-43(23-14-25-49(53)57(54)48-24-12-10-21-42(48)37-19-8-3-9-20-37)40-29-39(36-17-6-2-7-18-36)30-41(31-40)47-32-38(27-28-55-47)35-15-4-1-5-16-35/h1-34,58H. The first-order valence-corrected chi connectivity index (χ1v) is 19.7. The quantitative estimate of drug-likeness (QED) is 0.176. The van der Waals surface area contributed by atoms with E-state index in [4.69, 9.17) is 14.4 Å². The van der Waals surface area contributed by atoms with Crippen molar-refractivity contribution in [1.29, 1.82) is 0 Å². The van der Waals surface area contributed by atoms with Gasteiger partial charge in [0.15, 0.2) is 0 Å². The molecule has 5 heteroatoms. The highest BCUT2D eigenvalue weighted by molar-refractivity contribution is 6.07. The van der Waals surface area contributed by atoms with Crippen molar-refractivity contribution in [1.82, 2.24) is 14.5 Å². The van der Waals surface area contributed by atoms with Crippen LogP contribution >= 0.6 is 0 Å². The number of rotatable bonds is 7. The third-order valence-corrected chi connectivity index (χ3v) is 11.2. The molecule has 0 aliphatic rings. The number of hydrogen-bond donors (Lipinski definition) is 1. The van der Waals surface area contributed by atoms with Crippen LogP contribution in [0.1, 0.15) is 0 Å². The van der Waals surface area contributed by atoms with Crippen LogP contribution in [-0.2, 0) is 0 Å². The Morgan fingerprint density at radius 2 is 1.07 bits per heavy atom. The number of furan rings is 1. The van der Waals surface area contributed by atoms with Crippen molar-refractivity contribution in [3.05, 3.63) is 206 Å². The van der Waals surface area contributed by atoms with Gasteiger partial charge >= 0.3 is 0 Å². The molecule has 0 saturated carbocycles. The zero-order valence-electron chi connectivity index (χ0n) is 31.8. The Morgan fingerprint density at radius 3 is 1.86 bits per heavy atom. The fourth-order valence-corrected chi connectivity index (χ4v) is 8.35. The number of nitrogens with zero attached hydrogens (tertiary/aromatic N) is 3. The summed E-state index contributed by atoms with van der Waals surface area (Å²) >= 11 is 0. The molecule has 5 nitrogen and oxygen atoms in total. The highest BCUT2D eigenvalue weighted by atomic mass is 16.3. The molecule has 0 bridgehead atoms. The lowest BCUT2D eigenvalue weighted by molar-refractivity contribution is 0.476. The summed E-state index contributed by atoms with van der Waals surface area (Å²) in [7, 11) is 0. The topological polar surface area (TPSA) is 64.1 Å². The SMILES string of the molecule is Oc1cc2oc3ccccc3c2cc1-c1nc2c(-c3cc(-c4ccccc4)cc(-c4cc(-c5ccccc5)ccn4)c3)cccc2n1-c1ccccc1-c1ccccc1. The number of para-hydroxylation sites is 3. The van der Waals surface area contributed by atoms with Crippen LogP contribution in [0, 0.1) is 0 Å². The minimum Gasteiger partial charge on any atom is -0.507 e. The molecule has 0 aliphatic carbocycles. The zero-order valence-corrected chi connectivity index (χ0v) is 31.8. The van der Waals surface area contributed by atoms with Crippen molar-refractivity contribution in [3.63, 3.8) is 0 Å². The van der Waals surface area contributed by atoms with Crippen molar-refractivity contribution >= 4 is 33.0 Å². The fourth-order valence-electron chi connectivity index (χ4n) is 8.35. The van der Waals surface area contributed by atoms with Crippen LogP contribution in [0.4, 0.5) is 0 Å². The number of fused-ring (bicyclic) bond motifs is 4. The third-order valence-electron chi connectivity index (χ3n) is 11.2. The van der Waals surface area contributed by atoms with E-state index in [0.29, 0.717) is 17.0 Å². The summed E-state index contributed by atoms with van der Waals surface area (Å²) in [6.45, 7) is 0. The number of phenolic OH excluding ortho intramolecular Hbond substituents is 1. The summed E-state index contributed by atoms with van der Waals surface area (Å²) in [5.74, 6) is 0.710. The lowest BCUT2D eigenvalue weighted by atomic mass is 9.93. The molecule has 11 rings (SSSR count). The van der Waals surface area contributed by atoms with Gasteiger partial charge in [-0.2, -0.15) is 0 Å². The van der Waals surface area contributed by atoms with E-state index in [-0.39, 0.29) is 5.75 Å². The number of hydrogen-bond acceptors (Lipinski definition) is 4. The van der Waals surface area contributed by atoms with Crippen LogP contribution in [0.25, 0.3) is 106 Å². The lowest BCUT2D eigenvalue weighted by Crippen LogP contribution is -2.00. The van der Waals surface area contributed by atoms with Crippen molar-refractivity contribution in [2.45, 2.75) is 0 Å². The first-order chi connectivity index (χ1) is 29.2. The van der Waals surface area contributed by atoms with Crippen molar-refractivity contribution in [3.8, 4) is 78.6 Å². The van der Waals surface area contributed by atoms with Gasteiger partial charge in [0.1, 0.15) is 22.7 Å². The molecule has 0 fully saturated rings. The Kier molecular flexibility index (Phi) is 8.23. The fraction of sp³-hybridized carbons (Fsp3) is 0. The third kappa shape index (κ3) is 6.04. The molecular weight excluding hydrogens is 723 g/mol. The average Bonchev–Trinajstić information content (AvgIpc) is 3.87. The maximum atomic E-state index is 11.9. The molecule has 8 aromatic carbocycles. The minimum atomic E-state index is 0.0876. The summed E-state index contributed by atoms with van der Waals surface area (Å²) in [6.07, 6.45) is 1.89. The van der Waals surface area contributed by atoms with E-state index in [0.717, 1.165) is 88.8 Å². The summed E-state index contributed by atoms with van der Waals surface area (Å²) in [6, 6.07) is 68.6. The van der Waals surface area contributed by atoms with Crippen LogP contribution in [0.2, 0.25) is 0 Å². The molecule has 11 aromatic rings. The number of pyridine rings is 1. The van der Waals surface area contributed by atoms with E-state index in [2.05, 4.69) is 156 Å². The summed E-state index contributed by atoms with van der Waals surface area (Å²) in [5, 5.41) is 13.8. The predicted octanol–water partition coefficient (Wildman–Crippen LogP) is 14.0. The van der Waals surface area contributed by atoms with E-state index >= 15 is 0 Å². The molecule has 0 saturated heterocycles. The van der Waals surface area contributed by atoms with Crippen LogP contribution in [0.15, 0.2) is 211 Å². The summed E-state index contributed by atoms with van der Waals surface area (Å²) in [5.41, 5.74) is 15.1. The van der Waals surface area contributed by atoms with Crippen LogP contribution in [-0.4, -0.2) is 19.6 Å². The largest absolute Gasteiger partial charge is 0.507 e. The summed E-state index contributed by atoms with van der Waals surface area (Å²) in [4.78, 5) is 10.4. The second-order valence-corrected chi connectivity index (χ2v) is 14.8. The van der Waals surface area contributed by atoms with E-state index in [1.165, 1.54) is 0 Å². The first-order valence-electron chi connectivity index (χ1n) is 19.7. The predicted molar refractivity (Wildman–Crippen MR) is 240 cm³/mol. The smallest absolute Gasteiger partial charge is 0.149 e. The van der Waals surface area contributed by atoms with Gasteiger partial charge in [0.2, 0.25) is 0 Å². The summed E-state index contributed by atoms with van der Waals surface area (Å²) < 4.78 is 8.38. The van der Waals surface area contributed by atoms with Gasteiger partial charge in [-0.25, -0.2) is 4.98 Å². The Balaban J connectivity index is 1.18. The molecule has 1 N–H and O–H groups in total. The maximum absolute atomic E-state index is 11.9. The van der Waals surface area contributed by atoms with Crippen LogP contribution < -0.4 is 0 Å². The minimum absolute atomic E-state index is 0.0876. The van der Waals surface area contributed by atoms with E-state index in [1.807, 2.05) is 48.7 Å². The Morgan fingerprint density at radius 1 is 0.424 bits per heavy atom. The second kappa shape index (κ2) is 14.2. The Hall–Kier alpha value is -8.02. The normalized spacial score (nSPS) is 11.5. The van der Waals surface area contributed by atoms with E-state index in [9.17, 15) is 5.11 Å². The Labute approximate surface area is 340 Å². The van der Waals surface area contributed by atoms with Gasteiger partial charge in [-0.3, -0.25) is 9.55 Å². The van der Waals surface area contributed by atoms with Crippen molar-refractivity contribution < 1.29 is 9.52 Å². The van der Waals surface area contributed by atoms with Gasteiger partial charge in [-0.15, -0.1) is 0 Å². The average molecular weight is 758 g/mol. The monoisotopic (exact) mass is 757 g/mol. The number of aromatic hydroxyl groups is 1. The molecular formula is C54H35N3O2. The van der Waals surface area contributed by atoms with Gasteiger partial charge in [0.25, 0.3) is 0 Å². The first kappa shape index (κ1) is 34.2.